The first-order valence-corrected chi connectivity index (χ1v) is 4.52. The first-order valence-electron chi connectivity index (χ1n) is 4.52. The van der Waals surface area contributed by atoms with Crippen LogP contribution in [-0.2, 0) is 9.53 Å². The molecule has 0 heterocycles. The van der Waals surface area contributed by atoms with Gasteiger partial charge >= 0.3 is 5.97 Å². The first-order chi connectivity index (χ1) is 7.17. The maximum atomic E-state index is 11.6. The largest absolute Gasteiger partial charge is 0.468 e. The summed E-state index contributed by atoms with van der Waals surface area (Å²) in [5.74, 6) is 0.424. The molecule has 1 fully saturated rings. The molecule has 76 valence electrons. The van der Waals surface area contributed by atoms with E-state index in [0.29, 0.717) is 0 Å². The highest BCUT2D eigenvalue weighted by molar-refractivity contribution is 5.83. The fraction of sp³-hybridized carbons (Fsp3) is 0.545. The Balaban J connectivity index is 3.18. The molecule has 0 saturated heterocycles. The van der Waals surface area contributed by atoms with Crippen LogP contribution in [-0.4, -0.2) is 13.1 Å². The van der Waals surface area contributed by atoms with Crippen LogP contribution in [0.4, 0.5) is 0 Å². The van der Waals surface area contributed by atoms with Gasteiger partial charge < -0.3 is 4.74 Å². The maximum absolute atomic E-state index is 11.6. The van der Waals surface area contributed by atoms with Crippen molar-refractivity contribution in [2.45, 2.75) is 12.8 Å². The molecular weight excluding hydrogens is 192 g/mol. The zero-order valence-corrected chi connectivity index (χ0v) is 8.36. The Morgan fingerprint density at radius 1 is 1.53 bits per heavy atom. The van der Waals surface area contributed by atoms with Crippen LogP contribution in [0.1, 0.15) is 12.8 Å². The van der Waals surface area contributed by atoms with E-state index in [4.69, 9.17) is 16.9 Å². The molecule has 0 aromatic heterocycles. The first kappa shape index (κ1) is 11.1. The predicted molar refractivity (Wildman–Crippen MR) is 50.7 cm³/mol. The Kier molecular flexibility index (Phi) is 2.98. The van der Waals surface area contributed by atoms with Crippen LogP contribution in [0.2, 0.25) is 0 Å². The molecule has 1 rings (SSSR count). The molecule has 1 aliphatic carbocycles. The highest BCUT2D eigenvalue weighted by atomic mass is 16.5. The summed E-state index contributed by atoms with van der Waals surface area (Å²) in [5.41, 5.74) is -1.38. The Hall–Kier alpha value is -1.99. The number of nitriles is 2. The van der Waals surface area contributed by atoms with E-state index < -0.39 is 17.3 Å². The molecule has 0 unspecified atom stereocenters. The minimum absolute atomic E-state index is 0.0979. The number of rotatable bonds is 3. The molecule has 4 nitrogen and oxygen atoms in total. The van der Waals surface area contributed by atoms with Crippen LogP contribution in [0.25, 0.3) is 0 Å². The lowest BCUT2D eigenvalue weighted by Gasteiger charge is -2.25. The van der Waals surface area contributed by atoms with Crippen molar-refractivity contribution in [1.82, 2.24) is 0 Å². The van der Waals surface area contributed by atoms with Crippen molar-refractivity contribution >= 4 is 5.97 Å². The summed E-state index contributed by atoms with van der Waals surface area (Å²) in [6, 6.07) is 3.55. The van der Waals surface area contributed by atoms with E-state index in [1.54, 1.807) is 12.1 Å². The molecule has 0 aliphatic heterocycles. The summed E-state index contributed by atoms with van der Waals surface area (Å²) in [5, 5.41) is 17.7. The van der Waals surface area contributed by atoms with Gasteiger partial charge in [-0.3, -0.25) is 4.79 Å². The van der Waals surface area contributed by atoms with Crippen LogP contribution >= 0.6 is 0 Å². The van der Waals surface area contributed by atoms with Crippen LogP contribution in [0.5, 0.6) is 0 Å². The van der Waals surface area contributed by atoms with Gasteiger partial charge in [0.2, 0.25) is 0 Å². The highest BCUT2D eigenvalue weighted by Crippen LogP contribution is 2.50. The van der Waals surface area contributed by atoms with Gasteiger partial charge in [-0.25, -0.2) is 0 Å². The third-order valence-corrected chi connectivity index (χ3v) is 2.70. The van der Waals surface area contributed by atoms with E-state index in [-0.39, 0.29) is 5.92 Å². The number of nitrogens with zero attached hydrogens (tertiary/aromatic N) is 2. The zero-order valence-electron chi connectivity index (χ0n) is 8.36. The number of ether oxygens (including phenoxy) is 1. The quantitative estimate of drug-likeness (QED) is 0.502. The second-order valence-electron chi connectivity index (χ2n) is 3.47. The molecule has 1 atom stereocenters. The Labute approximate surface area is 88.4 Å². The Bertz CT molecular complexity index is 378. The molecule has 1 aliphatic rings. The van der Waals surface area contributed by atoms with Crippen LogP contribution in [0.15, 0.2) is 0 Å². The number of terminal acetylenes is 1. The number of methoxy groups -OCH3 is 1. The lowest BCUT2D eigenvalue weighted by molar-refractivity contribution is -0.151. The number of esters is 1. The predicted octanol–water partition coefficient (Wildman–Crippen LogP) is 0.852. The summed E-state index contributed by atoms with van der Waals surface area (Å²) in [7, 11) is 1.21. The van der Waals surface area contributed by atoms with E-state index in [1.807, 2.05) is 0 Å². The lowest BCUT2D eigenvalue weighted by atomic mass is 9.73. The molecule has 0 bridgehead atoms. The SMILES string of the molecule is C#C[C@@](C(=O)OC)(C(C#N)C#N)C1CC1. The standard InChI is InChI=1S/C11H10N2O2/c1-3-11(8-4-5-8,10(14)15-2)9(6-12)7-13/h1,8-9H,4-5H2,2H3/t11-/m0/s1. The molecule has 0 amide bonds. The van der Waals surface area contributed by atoms with Gasteiger partial charge in [-0.2, -0.15) is 10.5 Å². The maximum Gasteiger partial charge on any atom is 0.326 e. The van der Waals surface area contributed by atoms with Gasteiger partial charge in [0.05, 0.1) is 19.2 Å². The fourth-order valence-electron chi connectivity index (χ4n) is 1.72. The smallest absolute Gasteiger partial charge is 0.326 e. The van der Waals surface area contributed by atoms with Crippen LogP contribution in [0.3, 0.4) is 0 Å². The average Bonchev–Trinajstić information content (AvgIpc) is 3.09. The molecule has 0 spiro atoms. The zero-order chi connectivity index (χ0) is 11.5. The summed E-state index contributed by atoms with van der Waals surface area (Å²) < 4.78 is 4.61. The topological polar surface area (TPSA) is 73.9 Å². The molecule has 0 N–H and O–H groups in total. The molecule has 0 aromatic carbocycles. The van der Waals surface area contributed by atoms with E-state index in [0.717, 1.165) is 12.8 Å². The van der Waals surface area contributed by atoms with Gasteiger partial charge in [0, 0.05) is 0 Å². The third-order valence-electron chi connectivity index (χ3n) is 2.70. The Morgan fingerprint density at radius 3 is 2.33 bits per heavy atom. The minimum Gasteiger partial charge on any atom is -0.468 e. The van der Waals surface area contributed by atoms with Crippen molar-refractivity contribution in [1.29, 1.82) is 10.5 Å². The van der Waals surface area contributed by atoms with E-state index in [9.17, 15) is 4.79 Å². The van der Waals surface area contributed by atoms with Crippen molar-refractivity contribution in [3.05, 3.63) is 0 Å². The summed E-state index contributed by atoms with van der Waals surface area (Å²) >= 11 is 0. The minimum atomic E-state index is -1.38. The lowest BCUT2D eigenvalue weighted by Crippen LogP contribution is -2.39. The van der Waals surface area contributed by atoms with Crippen LogP contribution < -0.4 is 0 Å². The molecule has 1 saturated carbocycles. The second-order valence-corrected chi connectivity index (χ2v) is 3.47. The van der Waals surface area contributed by atoms with Crippen molar-refractivity contribution in [2.75, 3.05) is 7.11 Å². The summed E-state index contributed by atoms with van der Waals surface area (Å²) in [6.07, 6.45) is 6.85. The summed E-state index contributed by atoms with van der Waals surface area (Å²) in [6.45, 7) is 0. The summed E-state index contributed by atoms with van der Waals surface area (Å²) in [4.78, 5) is 11.6. The van der Waals surface area contributed by atoms with Crippen molar-refractivity contribution in [3.8, 4) is 24.5 Å². The van der Waals surface area contributed by atoms with Gasteiger partial charge in [0.1, 0.15) is 0 Å². The molecule has 15 heavy (non-hydrogen) atoms. The third kappa shape index (κ3) is 1.53. The molecule has 4 heteroatoms. The van der Waals surface area contributed by atoms with E-state index >= 15 is 0 Å². The van der Waals surface area contributed by atoms with Gasteiger partial charge in [0.25, 0.3) is 0 Å². The van der Waals surface area contributed by atoms with E-state index in [1.165, 1.54) is 7.11 Å². The molecular formula is C11H10N2O2. The second kappa shape index (κ2) is 4.03. The number of carbonyl (C=O) groups is 1. The number of hydrogen-bond acceptors (Lipinski definition) is 4. The van der Waals surface area contributed by atoms with Gasteiger partial charge in [-0.05, 0) is 18.8 Å². The van der Waals surface area contributed by atoms with Gasteiger partial charge in [-0.1, -0.05) is 5.92 Å². The Morgan fingerprint density at radius 2 is 2.07 bits per heavy atom. The highest BCUT2D eigenvalue weighted by Gasteiger charge is 2.56. The van der Waals surface area contributed by atoms with Gasteiger partial charge in [-0.15, -0.1) is 6.42 Å². The van der Waals surface area contributed by atoms with Crippen molar-refractivity contribution in [3.63, 3.8) is 0 Å². The number of hydrogen-bond donors (Lipinski definition) is 0. The van der Waals surface area contributed by atoms with Crippen molar-refractivity contribution in [2.24, 2.45) is 17.3 Å². The normalized spacial score (nSPS) is 18.1. The fourth-order valence-corrected chi connectivity index (χ4v) is 1.72. The number of carbonyl (C=O) groups excluding carboxylic acids is 1. The molecule has 0 aromatic rings. The van der Waals surface area contributed by atoms with Crippen molar-refractivity contribution < 1.29 is 9.53 Å². The average molecular weight is 202 g/mol. The van der Waals surface area contributed by atoms with Crippen LogP contribution in [0, 0.1) is 52.3 Å². The molecule has 0 radical (unpaired) electrons. The van der Waals surface area contributed by atoms with Gasteiger partial charge in [0.15, 0.2) is 11.3 Å². The monoisotopic (exact) mass is 202 g/mol. The van der Waals surface area contributed by atoms with E-state index in [2.05, 4.69) is 10.7 Å².